The van der Waals surface area contributed by atoms with Gasteiger partial charge < -0.3 is 15.1 Å². The lowest BCUT2D eigenvalue weighted by molar-refractivity contribution is -0.141. The van der Waals surface area contributed by atoms with Gasteiger partial charge in [0.05, 0.1) is 42.0 Å². The van der Waals surface area contributed by atoms with Crippen molar-refractivity contribution < 1.29 is 31.9 Å². The first-order valence-corrected chi connectivity index (χ1v) is 18.1. The van der Waals surface area contributed by atoms with E-state index in [1.54, 1.807) is 25.2 Å². The minimum Gasteiger partial charge on any atom is -0.363 e. The summed E-state index contributed by atoms with van der Waals surface area (Å²) in [5.41, 5.74) is -0.890. The van der Waals surface area contributed by atoms with Crippen LogP contribution in [0.3, 0.4) is 0 Å². The molecule has 288 valence electrons. The van der Waals surface area contributed by atoms with Gasteiger partial charge >= 0.3 is 11.9 Å². The smallest absolute Gasteiger partial charge is 0.363 e. The van der Waals surface area contributed by atoms with Gasteiger partial charge in [-0.25, -0.2) is 19.2 Å². The molecule has 3 fully saturated rings. The van der Waals surface area contributed by atoms with Crippen molar-refractivity contribution in [2.75, 3.05) is 36.9 Å². The summed E-state index contributed by atoms with van der Waals surface area (Å²) in [6.07, 6.45) is 2.34. The molecule has 0 radical (unpaired) electrons. The number of benzene rings is 1. The SMILES string of the molecule is CN(CC1(F)CN(c2cccc3c2n(C)c(=O)n3C2CCC(=O)NC2=O)C1)C1CCC(n2cc3cc(NC(=O)c4cccc(C(F)(F)F)n4)ncc3n2)CC1. The first-order chi connectivity index (χ1) is 26.2. The molecule has 0 bridgehead atoms. The summed E-state index contributed by atoms with van der Waals surface area (Å²) in [6, 6.07) is 9.60. The van der Waals surface area contributed by atoms with E-state index < -0.39 is 35.4 Å². The average Bonchev–Trinajstić information content (AvgIpc) is 3.68. The van der Waals surface area contributed by atoms with Crippen LogP contribution in [-0.4, -0.2) is 89.9 Å². The molecule has 3 aliphatic rings. The number of alkyl halides is 4. The lowest BCUT2D eigenvalue weighted by Gasteiger charge is -2.49. The number of rotatable bonds is 8. The summed E-state index contributed by atoms with van der Waals surface area (Å²) in [5.74, 6) is -1.53. The minimum atomic E-state index is -4.68. The summed E-state index contributed by atoms with van der Waals surface area (Å²) >= 11 is 0. The van der Waals surface area contributed by atoms with E-state index >= 15 is 4.39 Å². The zero-order valence-electron chi connectivity index (χ0n) is 30.0. The van der Waals surface area contributed by atoms with Gasteiger partial charge in [0.1, 0.15) is 28.8 Å². The molecule has 2 N–H and O–H groups in total. The number of anilines is 2. The molecule has 8 rings (SSSR count). The van der Waals surface area contributed by atoms with Crippen LogP contribution in [0, 0.1) is 0 Å². The zero-order chi connectivity index (χ0) is 38.8. The first kappa shape index (κ1) is 36.3. The lowest BCUT2D eigenvalue weighted by Crippen LogP contribution is -2.64. The second-order valence-corrected chi connectivity index (χ2v) is 14.8. The lowest BCUT2D eigenvalue weighted by atomic mass is 9.88. The molecule has 1 unspecified atom stereocenters. The van der Waals surface area contributed by atoms with Crippen LogP contribution >= 0.6 is 0 Å². The summed E-state index contributed by atoms with van der Waals surface area (Å²) in [5, 5.41) is 10.2. The molecule has 55 heavy (non-hydrogen) atoms. The third-order valence-electron chi connectivity index (χ3n) is 11.0. The third kappa shape index (κ3) is 6.83. The number of para-hydroxylation sites is 1. The fourth-order valence-corrected chi connectivity index (χ4v) is 8.25. The molecule has 4 aromatic heterocycles. The number of piperidine rings is 1. The number of fused-ring (bicyclic) bond motifs is 2. The highest BCUT2D eigenvalue weighted by atomic mass is 19.4. The normalized spacial score (nSPS) is 21.6. The number of hydrogen-bond acceptors (Lipinski definition) is 9. The molecule has 2 saturated heterocycles. The number of nitrogens with one attached hydrogen (secondary N) is 2. The summed E-state index contributed by atoms with van der Waals surface area (Å²) in [4.78, 5) is 62.0. The second-order valence-electron chi connectivity index (χ2n) is 14.8. The van der Waals surface area contributed by atoms with Crippen LogP contribution in [0.2, 0.25) is 0 Å². The van der Waals surface area contributed by atoms with Crippen LogP contribution in [-0.2, 0) is 22.8 Å². The van der Waals surface area contributed by atoms with E-state index in [1.165, 1.54) is 21.4 Å². The van der Waals surface area contributed by atoms with Crippen LogP contribution in [0.4, 0.5) is 29.1 Å². The Kier molecular flexibility index (Phi) is 8.97. The average molecular weight is 763 g/mol. The predicted octanol–water partition coefficient (Wildman–Crippen LogP) is 4.37. The van der Waals surface area contributed by atoms with Crippen molar-refractivity contribution >= 4 is 51.2 Å². The van der Waals surface area contributed by atoms with E-state index in [4.69, 9.17) is 0 Å². The van der Waals surface area contributed by atoms with Crippen molar-refractivity contribution in [3.8, 4) is 0 Å². The molecule has 18 heteroatoms. The quantitative estimate of drug-likeness (QED) is 0.174. The van der Waals surface area contributed by atoms with E-state index in [9.17, 15) is 32.3 Å². The van der Waals surface area contributed by atoms with Gasteiger partial charge in [-0.1, -0.05) is 12.1 Å². The molecule has 1 atom stereocenters. The summed E-state index contributed by atoms with van der Waals surface area (Å²) in [6.45, 7) is 0.541. The number of aromatic nitrogens is 6. The van der Waals surface area contributed by atoms with Crippen LogP contribution < -0.4 is 21.2 Å². The van der Waals surface area contributed by atoms with Crippen molar-refractivity contribution in [3.05, 3.63) is 76.7 Å². The maximum absolute atomic E-state index is 16.2. The first-order valence-electron chi connectivity index (χ1n) is 18.1. The fraction of sp³-hybridized carbons (Fsp3) is 0.432. The Morgan fingerprint density at radius 2 is 1.80 bits per heavy atom. The maximum atomic E-state index is 16.2. The van der Waals surface area contributed by atoms with Gasteiger partial charge in [-0.2, -0.15) is 18.3 Å². The Hall–Kier alpha value is -5.65. The number of aryl methyl sites for hydroxylation is 1. The highest BCUT2D eigenvalue weighted by molar-refractivity contribution is 6.03. The molecule has 2 aliphatic heterocycles. The largest absolute Gasteiger partial charge is 0.433 e. The Morgan fingerprint density at radius 3 is 2.53 bits per heavy atom. The monoisotopic (exact) mass is 762 g/mol. The number of pyridine rings is 2. The van der Waals surface area contributed by atoms with Crippen molar-refractivity contribution in [3.63, 3.8) is 0 Å². The zero-order valence-corrected chi connectivity index (χ0v) is 30.0. The predicted molar refractivity (Wildman–Crippen MR) is 193 cm³/mol. The number of carbonyl (C=O) groups is 3. The van der Waals surface area contributed by atoms with E-state index in [1.807, 2.05) is 28.9 Å². The van der Waals surface area contributed by atoms with Crippen molar-refractivity contribution in [2.45, 2.75) is 68.5 Å². The van der Waals surface area contributed by atoms with Gasteiger partial charge in [-0.15, -0.1) is 0 Å². The van der Waals surface area contributed by atoms with Gasteiger partial charge in [0.2, 0.25) is 11.8 Å². The van der Waals surface area contributed by atoms with Crippen LogP contribution in [0.25, 0.3) is 21.9 Å². The molecule has 14 nitrogen and oxygen atoms in total. The van der Waals surface area contributed by atoms with Gasteiger partial charge in [-0.3, -0.25) is 33.5 Å². The maximum Gasteiger partial charge on any atom is 0.433 e. The molecule has 5 aromatic rings. The Morgan fingerprint density at radius 1 is 1.05 bits per heavy atom. The topological polar surface area (TPSA) is 152 Å². The molecule has 0 spiro atoms. The van der Waals surface area contributed by atoms with E-state index in [-0.39, 0.29) is 67.7 Å². The summed E-state index contributed by atoms with van der Waals surface area (Å²) < 4.78 is 60.2. The highest BCUT2D eigenvalue weighted by Gasteiger charge is 2.46. The highest BCUT2D eigenvalue weighted by Crippen LogP contribution is 2.38. The number of halogens is 4. The van der Waals surface area contributed by atoms with Crippen LogP contribution in [0.1, 0.15) is 66.8 Å². The van der Waals surface area contributed by atoms with E-state index in [2.05, 4.69) is 30.6 Å². The molecule has 1 aromatic carbocycles. The number of carbonyl (C=O) groups excluding carboxylic acids is 3. The Labute approximate surface area is 311 Å². The standard InChI is InChI=1S/C37H38F4N10O4/c1-47(18-36(38)19-49(20-36)26-6-4-7-27-32(26)48(2)35(55)51(27)28-13-14-31(52)45-34(28)54)22-9-11-23(12-10-22)50-17-21-15-30(42-16-25(21)46-50)44-33(53)24-5-3-8-29(43-24)37(39,40)41/h3-8,15-17,22-23,28H,9-14,18-20H2,1-2H3,(H,44,53)(H,45,52,54). The van der Waals surface area contributed by atoms with Gasteiger partial charge in [0.15, 0.2) is 5.67 Å². The molecular weight excluding hydrogens is 724 g/mol. The number of hydrogen-bond donors (Lipinski definition) is 2. The second kappa shape index (κ2) is 13.6. The van der Waals surface area contributed by atoms with Crippen molar-refractivity contribution in [1.29, 1.82) is 0 Å². The number of nitrogens with zero attached hydrogens (tertiary/aromatic N) is 8. The van der Waals surface area contributed by atoms with Crippen molar-refractivity contribution in [1.82, 2.24) is 39.1 Å². The Balaban J connectivity index is 0.872. The molecule has 1 saturated carbocycles. The fourth-order valence-electron chi connectivity index (χ4n) is 8.25. The number of imidazole rings is 1. The number of amides is 3. The third-order valence-corrected chi connectivity index (χ3v) is 11.0. The number of imide groups is 1. The summed E-state index contributed by atoms with van der Waals surface area (Å²) in [7, 11) is 3.58. The van der Waals surface area contributed by atoms with Gasteiger partial charge in [0.25, 0.3) is 5.91 Å². The van der Waals surface area contributed by atoms with Gasteiger partial charge in [-0.05, 0) is 69.5 Å². The molecule has 1 aliphatic carbocycles. The molecule has 3 amide bonds. The van der Waals surface area contributed by atoms with E-state index in [0.717, 1.165) is 37.8 Å². The van der Waals surface area contributed by atoms with Crippen LogP contribution in [0.15, 0.2) is 59.7 Å². The van der Waals surface area contributed by atoms with E-state index in [0.29, 0.717) is 27.6 Å². The molecule has 6 heterocycles. The molecular formula is C37H38F4N10O4. The Bertz CT molecular complexity index is 2390. The minimum absolute atomic E-state index is 0.0996. The van der Waals surface area contributed by atoms with Crippen LogP contribution in [0.5, 0.6) is 0 Å². The van der Waals surface area contributed by atoms with Gasteiger partial charge in [0, 0.05) is 37.6 Å². The van der Waals surface area contributed by atoms with Crippen molar-refractivity contribution in [2.24, 2.45) is 7.05 Å².